The van der Waals surface area contributed by atoms with Crippen LogP contribution in [0.3, 0.4) is 0 Å². The Hall–Kier alpha value is -1.85. The van der Waals surface area contributed by atoms with Crippen molar-refractivity contribution in [2.75, 3.05) is 0 Å². The zero-order chi connectivity index (χ0) is 13.1. The number of nitrogens with one attached hydrogen (secondary N) is 1. The molecule has 6 heteroatoms. The molecule has 1 fully saturated rings. The van der Waals surface area contributed by atoms with E-state index in [4.69, 9.17) is 9.52 Å². The minimum Gasteiger partial charge on any atom is -0.481 e. The molecular weight excluding hydrogens is 236 g/mol. The smallest absolute Gasteiger partial charge is 0.306 e. The average molecular weight is 252 g/mol. The number of nitrogens with zero attached hydrogens (tertiary/aromatic N) is 1. The number of carboxylic acid groups (broad SMARTS) is 1. The third-order valence-electron chi connectivity index (χ3n) is 3.29. The fourth-order valence-corrected chi connectivity index (χ4v) is 2.30. The Balaban J connectivity index is 1.95. The van der Waals surface area contributed by atoms with Gasteiger partial charge >= 0.3 is 5.97 Å². The minimum atomic E-state index is -0.789. The van der Waals surface area contributed by atoms with Crippen molar-refractivity contribution in [3.05, 3.63) is 17.8 Å². The van der Waals surface area contributed by atoms with Crippen molar-refractivity contribution in [3.8, 4) is 0 Å². The summed E-state index contributed by atoms with van der Waals surface area (Å²) >= 11 is 0. The van der Waals surface area contributed by atoms with E-state index >= 15 is 0 Å². The zero-order valence-corrected chi connectivity index (χ0v) is 10.2. The molecular formula is C12H16N2O4. The van der Waals surface area contributed by atoms with Crippen LogP contribution in [0, 0.1) is 5.92 Å². The van der Waals surface area contributed by atoms with E-state index in [-0.39, 0.29) is 17.9 Å². The molecule has 0 saturated heterocycles. The number of aliphatic carboxylic acids is 1. The van der Waals surface area contributed by atoms with Crippen molar-refractivity contribution >= 4 is 11.9 Å². The van der Waals surface area contributed by atoms with Gasteiger partial charge in [-0.15, -0.1) is 0 Å². The Morgan fingerprint density at radius 1 is 1.56 bits per heavy atom. The molecule has 1 aromatic heterocycles. The number of aryl methyl sites for hydroxylation is 1. The van der Waals surface area contributed by atoms with Gasteiger partial charge in [0.2, 0.25) is 0 Å². The second kappa shape index (κ2) is 5.20. The van der Waals surface area contributed by atoms with E-state index in [1.807, 2.05) is 6.92 Å². The van der Waals surface area contributed by atoms with Gasteiger partial charge in [0.1, 0.15) is 5.76 Å². The molecule has 1 aromatic rings. The first-order valence-electron chi connectivity index (χ1n) is 6.07. The second-order valence-corrected chi connectivity index (χ2v) is 4.50. The van der Waals surface area contributed by atoms with E-state index in [9.17, 15) is 9.59 Å². The number of hydrogen-bond acceptors (Lipinski definition) is 4. The van der Waals surface area contributed by atoms with Crippen molar-refractivity contribution < 1.29 is 19.1 Å². The first-order chi connectivity index (χ1) is 8.61. The SMILES string of the molecule is CCc1ocnc1C(=O)N[C@H]1CC[C@@H](C(=O)O)C1. The summed E-state index contributed by atoms with van der Waals surface area (Å²) < 4.78 is 5.09. The number of carbonyl (C=O) groups is 2. The average Bonchev–Trinajstić information content (AvgIpc) is 2.96. The van der Waals surface area contributed by atoms with Gasteiger partial charge in [0.25, 0.3) is 5.91 Å². The van der Waals surface area contributed by atoms with Crippen molar-refractivity contribution in [1.82, 2.24) is 10.3 Å². The van der Waals surface area contributed by atoms with E-state index < -0.39 is 5.97 Å². The van der Waals surface area contributed by atoms with Crippen LogP contribution in [0.15, 0.2) is 10.8 Å². The summed E-state index contributed by atoms with van der Waals surface area (Å²) in [5.41, 5.74) is 0.302. The van der Waals surface area contributed by atoms with Gasteiger partial charge in [0.15, 0.2) is 12.1 Å². The molecule has 0 spiro atoms. The molecule has 2 N–H and O–H groups in total. The molecule has 1 saturated carbocycles. The van der Waals surface area contributed by atoms with Crippen LogP contribution in [-0.2, 0) is 11.2 Å². The van der Waals surface area contributed by atoms with Gasteiger partial charge < -0.3 is 14.8 Å². The second-order valence-electron chi connectivity index (χ2n) is 4.50. The standard InChI is InChI=1S/C12H16N2O4/c1-2-9-10(13-6-18-9)11(15)14-8-4-3-7(5-8)12(16)17/h6-8H,2-5H2,1H3,(H,14,15)(H,16,17)/t7-,8+/m1/s1. The van der Waals surface area contributed by atoms with Gasteiger partial charge in [-0.2, -0.15) is 0 Å². The lowest BCUT2D eigenvalue weighted by Crippen LogP contribution is -2.34. The van der Waals surface area contributed by atoms with E-state index in [1.54, 1.807) is 0 Å². The van der Waals surface area contributed by atoms with Crippen molar-refractivity contribution in [2.45, 2.75) is 38.6 Å². The van der Waals surface area contributed by atoms with Crippen LogP contribution in [0.25, 0.3) is 0 Å². The van der Waals surface area contributed by atoms with Gasteiger partial charge in [-0.1, -0.05) is 6.92 Å². The summed E-state index contributed by atoms with van der Waals surface area (Å²) in [5.74, 6) is -0.863. The van der Waals surface area contributed by atoms with Crippen LogP contribution in [0.1, 0.15) is 42.4 Å². The van der Waals surface area contributed by atoms with E-state index in [0.717, 1.165) is 0 Å². The van der Waals surface area contributed by atoms with Gasteiger partial charge in [-0.05, 0) is 19.3 Å². The maximum absolute atomic E-state index is 11.9. The lowest BCUT2D eigenvalue weighted by Gasteiger charge is -2.11. The summed E-state index contributed by atoms with van der Waals surface area (Å²) in [5, 5.41) is 11.7. The molecule has 98 valence electrons. The molecule has 0 radical (unpaired) electrons. The highest BCUT2D eigenvalue weighted by molar-refractivity contribution is 5.93. The summed E-state index contributed by atoms with van der Waals surface area (Å²) in [7, 11) is 0. The molecule has 0 unspecified atom stereocenters. The summed E-state index contributed by atoms with van der Waals surface area (Å²) in [6.07, 6.45) is 3.65. The van der Waals surface area contributed by atoms with E-state index in [2.05, 4.69) is 10.3 Å². The fraction of sp³-hybridized carbons (Fsp3) is 0.583. The minimum absolute atomic E-state index is 0.0833. The summed E-state index contributed by atoms with van der Waals surface area (Å²) in [6.45, 7) is 1.88. The lowest BCUT2D eigenvalue weighted by molar-refractivity contribution is -0.141. The molecule has 1 aliphatic carbocycles. The monoisotopic (exact) mass is 252 g/mol. The third-order valence-corrected chi connectivity index (χ3v) is 3.29. The van der Waals surface area contributed by atoms with E-state index in [0.29, 0.717) is 37.1 Å². The molecule has 0 aromatic carbocycles. The van der Waals surface area contributed by atoms with Gasteiger partial charge in [-0.25, -0.2) is 4.98 Å². The number of oxazole rings is 1. The predicted octanol–water partition coefficient (Wildman–Crippen LogP) is 1.22. The normalized spacial score (nSPS) is 22.9. The first kappa shape index (κ1) is 12.6. The molecule has 2 rings (SSSR count). The van der Waals surface area contributed by atoms with Gasteiger partial charge in [0.05, 0.1) is 5.92 Å². The maximum Gasteiger partial charge on any atom is 0.306 e. The molecule has 0 bridgehead atoms. The predicted molar refractivity (Wildman–Crippen MR) is 62.1 cm³/mol. The Morgan fingerprint density at radius 2 is 2.33 bits per heavy atom. The number of carbonyl (C=O) groups excluding carboxylic acids is 1. The van der Waals surface area contributed by atoms with Crippen molar-refractivity contribution in [2.24, 2.45) is 5.92 Å². The highest BCUT2D eigenvalue weighted by atomic mass is 16.4. The third kappa shape index (κ3) is 2.52. The lowest BCUT2D eigenvalue weighted by atomic mass is 10.1. The number of carboxylic acids is 1. The van der Waals surface area contributed by atoms with Crippen LogP contribution in [0.5, 0.6) is 0 Å². The summed E-state index contributed by atoms with van der Waals surface area (Å²) in [4.78, 5) is 26.6. The molecule has 1 aliphatic rings. The van der Waals surface area contributed by atoms with Crippen LogP contribution < -0.4 is 5.32 Å². The highest BCUT2D eigenvalue weighted by Crippen LogP contribution is 2.26. The van der Waals surface area contributed by atoms with Crippen LogP contribution in [0.4, 0.5) is 0 Å². The summed E-state index contributed by atoms with van der Waals surface area (Å²) in [6, 6.07) is -0.0833. The Kier molecular flexibility index (Phi) is 3.64. The Bertz CT molecular complexity index is 455. The molecule has 0 aliphatic heterocycles. The number of rotatable bonds is 4. The largest absolute Gasteiger partial charge is 0.481 e. The topological polar surface area (TPSA) is 92.4 Å². The highest BCUT2D eigenvalue weighted by Gasteiger charge is 2.31. The fourth-order valence-electron chi connectivity index (χ4n) is 2.30. The van der Waals surface area contributed by atoms with Crippen molar-refractivity contribution in [3.63, 3.8) is 0 Å². The molecule has 1 heterocycles. The molecule has 6 nitrogen and oxygen atoms in total. The molecule has 1 amide bonds. The number of aromatic nitrogens is 1. The van der Waals surface area contributed by atoms with E-state index in [1.165, 1.54) is 6.39 Å². The molecule has 18 heavy (non-hydrogen) atoms. The van der Waals surface area contributed by atoms with Gasteiger partial charge in [0, 0.05) is 12.5 Å². The van der Waals surface area contributed by atoms with Crippen LogP contribution >= 0.6 is 0 Å². The first-order valence-corrected chi connectivity index (χ1v) is 6.07. The number of amides is 1. The zero-order valence-electron chi connectivity index (χ0n) is 10.2. The maximum atomic E-state index is 11.9. The number of hydrogen-bond donors (Lipinski definition) is 2. The Labute approximate surface area is 104 Å². The van der Waals surface area contributed by atoms with Crippen LogP contribution in [0.2, 0.25) is 0 Å². The quantitative estimate of drug-likeness (QED) is 0.840. The van der Waals surface area contributed by atoms with Crippen LogP contribution in [-0.4, -0.2) is 28.0 Å². The van der Waals surface area contributed by atoms with Crippen molar-refractivity contribution in [1.29, 1.82) is 0 Å². The molecule has 2 atom stereocenters. The van der Waals surface area contributed by atoms with Gasteiger partial charge in [-0.3, -0.25) is 9.59 Å². The Morgan fingerprint density at radius 3 is 2.94 bits per heavy atom.